The highest BCUT2D eigenvalue weighted by atomic mass is 32.2. The van der Waals surface area contributed by atoms with Crippen LogP contribution in [0.1, 0.15) is 5.56 Å². The fraction of sp³-hybridized carbons (Fsp3) is 0.176. The maximum absolute atomic E-state index is 12.0. The van der Waals surface area contributed by atoms with Gasteiger partial charge in [0.1, 0.15) is 0 Å². The number of anilines is 1. The van der Waals surface area contributed by atoms with E-state index in [1.54, 1.807) is 11.3 Å². The van der Waals surface area contributed by atoms with Gasteiger partial charge in [0, 0.05) is 12.3 Å². The predicted octanol–water partition coefficient (Wildman–Crippen LogP) is 3.56. The molecule has 2 N–H and O–H groups in total. The molecule has 0 saturated carbocycles. The van der Waals surface area contributed by atoms with E-state index in [0.29, 0.717) is 12.2 Å². The zero-order valence-electron chi connectivity index (χ0n) is 12.4. The standard InChI is InChI=1S/C17H16N2O2S2/c20-10-9-12-5-7-13(8-6-12)18-16(21)11-22-17-19-14-3-1-2-4-15(14)23-17/h1-8,20H,9-11H2,(H,18,21). The van der Waals surface area contributed by atoms with Crippen LogP contribution in [0.2, 0.25) is 0 Å². The number of thioether (sulfide) groups is 1. The molecular formula is C17H16N2O2S2. The first-order valence-corrected chi connectivity index (χ1v) is 9.03. The first kappa shape index (κ1) is 16.0. The van der Waals surface area contributed by atoms with E-state index in [1.807, 2.05) is 48.5 Å². The minimum atomic E-state index is -0.0517. The van der Waals surface area contributed by atoms with E-state index in [2.05, 4.69) is 10.3 Å². The molecule has 1 aromatic heterocycles. The Hall–Kier alpha value is -1.89. The van der Waals surface area contributed by atoms with Crippen molar-refractivity contribution in [3.63, 3.8) is 0 Å². The smallest absolute Gasteiger partial charge is 0.234 e. The molecule has 0 unspecified atom stereocenters. The number of aliphatic hydroxyl groups excluding tert-OH is 1. The van der Waals surface area contributed by atoms with Crippen molar-refractivity contribution in [2.75, 3.05) is 17.7 Å². The molecule has 3 aromatic rings. The van der Waals surface area contributed by atoms with E-state index in [0.717, 1.165) is 25.8 Å². The molecular weight excluding hydrogens is 328 g/mol. The number of carbonyl (C=O) groups is 1. The number of aliphatic hydroxyl groups is 1. The zero-order chi connectivity index (χ0) is 16.1. The zero-order valence-corrected chi connectivity index (χ0v) is 14.0. The number of nitrogens with zero attached hydrogens (tertiary/aromatic N) is 1. The number of para-hydroxylation sites is 1. The normalized spacial score (nSPS) is 10.8. The van der Waals surface area contributed by atoms with Gasteiger partial charge >= 0.3 is 0 Å². The lowest BCUT2D eigenvalue weighted by molar-refractivity contribution is -0.113. The number of thiazole rings is 1. The van der Waals surface area contributed by atoms with Crippen LogP contribution in [0.5, 0.6) is 0 Å². The molecule has 1 amide bonds. The molecule has 6 heteroatoms. The maximum Gasteiger partial charge on any atom is 0.234 e. The Bertz CT molecular complexity index is 767. The monoisotopic (exact) mass is 344 g/mol. The lowest BCUT2D eigenvalue weighted by Gasteiger charge is -2.05. The van der Waals surface area contributed by atoms with Gasteiger partial charge < -0.3 is 10.4 Å². The van der Waals surface area contributed by atoms with Crippen LogP contribution in [0.25, 0.3) is 10.2 Å². The van der Waals surface area contributed by atoms with Crippen molar-refractivity contribution < 1.29 is 9.90 Å². The summed E-state index contributed by atoms with van der Waals surface area (Å²) >= 11 is 3.05. The molecule has 0 aliphatic carbocycles. The molecule has 0 fully saturated rings. The van der Waals surface area contributed by atoms with Crippen molar-refractivity contribution in [1.29, 1.82) is 0 Å². The summed E-state index contributed by atoms with van der Waals surface area (Å²) in [6.45, 7) is 0.129. The number of fused-ring (bicyclic) bond motifs is 1. The molecule has 0 bridgehead atoms. The summed E-state index contributed by atoms with van der Waals surface area (Å²) in [6.07, 6.45) is 0.627. The third-order valence-electron chi connectivity index (χ3n) is 3.24. The Balaban J connectivity index is 1.54. The highest BCUT2D eigenvalue weighted by molar-refractivity contribution is 8.01. The van der Waals surface area contributed by atoms with E-state index in [-0.39, 0.29) is 12.5 Å². The van der Waals surface area contributed by atoms with Crippen molar-refractivity contribution in [2.45, 2.75) is 10.8 Å². The second-order valence-electron chi connectivity index (χ2n) is 4.95. The van der Waals surface area contributed by atoms with Gasteiger partial charge in [-0.15, -0.1) is 11.3 Å². The highest BCUT2D eigenvalue weighted by Gasteiger charge is 2.08. The van der Waals surface area contributed by atoms with Crippen molar-refractivity contribution >= 4 is 44.9 Å². The second kappa shape index (κ2) is 7.59. The number of aromatic nitrogens is 1. The van der Waals surface area contributed by atoms with Gasteiger partial charge in [0.05, 0.1) is 16.0 Å². The number of hydrogen-bond acceptors (Lipinski definition) is 5. The van der Waals surface area contributed by atoms with Crippen LogP contribution in [0.4, 0.5) is 5.69 Å². The summed E-state index contributed by atoms with van der Waals surface area (Å²) in [5, 5.41) is 11.8. The Morgan fingerprint density at radius 3 is 2.70 bits per heavy atom. The van der Waals surface area contributed by atoms with Crippen molar-refractivity contribution in [3.8, 4) is 0 Å². The van der Waals surface area contributed by atoms with Crippen molar-refractivity contribution in [2.24, 2.45) is 0 Å². The average Bonchev–Trinajstić information content (AvgIpc) is 2.98. The summed E-state index contributed by atoms with van der Waals surface area (Å²) in [5.41, 5.74) is 2.79. The van der Waals surface area contributed by atoms with E-state index >= 15 is 0 Å². The van der Waals surface area contributed by atoms with Crippen LogP contribution in [-0.2, 0) is 11.2 Å². The quantitative estimate of drug-likeness (QED) is 0.671. The predicted molar refractivity (Wildman–Crippen MR) is 96.2 cm³/mol. The van der Waals surface area contributed by atoms with Crippen LogP contribution in [0, 0.1) is 0 Å². The van der Waals surface area contributed by atoms with Gasteiger partial charge in [0.25, 0.3) is 0 Å². The molecule has 0 aliphatic rings. The minimum absolute atomic E-state index is 0.0517. The number of benzene rings is 2. The SMILES string of the molecule is O=C(CSc1nc2ccccc2s1)Nc1ccc(CCO)cc1. The molecule has 2 aromatic carbocycles. The Labute approximate surface area is 142 Å². The number of rotatable bonds is 6. The molecule has 0 radical (unpaired) electrons. The van der Waals surface area contributed by atoms with Gasteiger partial charge in [-0.05, 0) is 36.2 Å². The van der Waals surface area contributed by atoms with E-state index < -0.39 is 0 Å². The fourth-order valence-corrected chi connectivity index (χ4v) is 3.99. The van der Waals surface area contributed by atoms with Gasteiger partial charge in [-0.25, -0.2) is 4.98 Å². The summed E-state index contributed by atoms with van der Waals surface area (Å²) in [5.74, 6) is 0.280. The van der Waals surface area contributed by atoms with Gasteiger partial charge in [0.2, 0.25) is 5.91 Å². The van der Waals surface area contributed by atoms with E-state index in [9.17, 15) is 4.79 Å². The number of amides is 1. The summed E-state index contributed by atoms with van der Waals surface area (Å²) in [4.78, 5) is 16.5. The van der Waals surface area contributed by atoms with E-state index in [4.69, 9.17) is 5.11 Å². The highest BCUT2D eigenvalue weighted by Crippen LogP contribution is 2.29. The average molecular weight is 344 g/mol. The molecule has 0 saturated heterocycles. The lowest BCUT2D eigenvalue weighted by atomic mass is 10.1. The molecule has 1 heterocycles. The summed E-state index contributed by atoms with van der Waals surface area (Å²) < 4.78 is 2.04. The molecule has 118 valence electrons. The third kappa shape index (κ3) is 4.31. The van der Waals surface area contributed by atoms with Crippen LogP contribution in [0.15, 0.2) is 52.9 Å². The van der Waals surface area contributed by atoms with Gasteiger partial charge in [-0.1, -0.05) is 36.0 Å². The van der Waals surface area contributed by atoms with Crippen LogP contribution in [-0.4, -0.2) is 28.4 Å². The topological polar surface area (TPSA) is 62.2 Å². The van der Waals surface area contributed by atoms with Gasteiger partial charge in [-0.2, -0.15) is 0 Å². The Kier molecular flexibility index (Phi) is 5.27. The largest absolute Gasteiger partial charge is 0.396 e. The van der Waals surface area contributed by atoms with E-state index in [1.165, 1.54) is 11.8 Å². The lowest BCUT2D eigenvalue weighted by Crippen LogP contribution is -2.13. The maximum atomic E-state index is 12.0. The second-order valence-corrected chi connectivity index (χ2v) is 7.21. The molecule has 3 rings (SSSR count). The molecule has 0 atom stereocenters. The fourth-order valence-electron chi connectivity index (χ4n) is 2.12. The number of nitrogens with one attached hydrogen (secondary N) is 1. The number of hydrogen-bond donors (Lipinski definition) is 2. The van der Waals surface area contributed by atoms with Crippen LogP contribution in [0.3, 0.4) is 0 Å². The molecule has 4 nitrogen and oxygen atoms in total. The Morgan fingerprint density at radius 2 is 1.96 bits per heavy atom. The van der Waals surface area contributed by atoms with Crippen molar-refractivity contribution in [1.82, 2.24) is 4.98 Å². The Morgan fingerprint density at radius 1 is 1.17 bits per heavy atom. The number of carbonyl (C=O) groups excluding carboxylic acids is 1. The van der Waals surface area contributed by atoms with Gasteiger partial charge in [0.15, 0.2) is 4.34 Å². The molecule has 0 aliphatic heterocycles. The van der Waals surface area contributed by atoms with Crippen molar-refractivity contribution in [3.05, 3.63) is 54.1 Å². The minimum Gasteiger partial charge on any atom is -0.396 e. The van der Waals surface area contributed by atoms with Crippen LogP contribution >= 0.6 is 23.1 Å². The summed E-state index contributed by atoms with van der Waals surface area (Å²) in [6, 6.07) is 15.5. The molecule has 23 heavy (non-hydrogen) atoms. The summed E-state index contributed by atoms with van der Waals surface area (Å²) in [7, 11) is 0. The van der Waals surface area contributed by atoms with Gasteiger partial charge in [-0.3, -0.25) is 4.79 Å². The van der Waals surface area contributed by atoms with Crippen LogP contribution < -0.4 is 5.32 Å². The molecule has 0 spiro atoms. The first-order valence-electron chi connectivity index (χ1n) is 7.22. The first-order chi connectivity index (χ1) is 11.2. The third-order valence-corrected chi connectivity index (χ3v) is 5.42.